The van der Waals surface area contributed by atoms with Gasteiger partial charge in [0, 0.05) is 12.6 Å². The number of hydrogen-bond donors (Lipinski definition) is 0. The molecule has 106 valence electrons. The van der Waals surface area contributed by atoms with Gasteiger partial charge in [0.1, 0.15) is 0 Å². The number of ether oxygens (including phenoxy) is 1. The number of carbonyl (C=O) groups excluding carboxylic acids is 1. The third-order valence-electron chi connectivity index (χ3n) is 3.48. The number of rotatable bonds is 7. The summed E-state index contributed by atoms with van der Waals surface area (Å²) in [5, 5.41) is 9.38. The average molecular weight is 272 g/mol. The molecule has 0 radical (unpaired) electrons. The van der Waals surface area contributed by atoms with E-state index in [2.05, 4.69) is 11.0 Å². The van der Waals surface area contributed by atoms with Crippen molar-refractivity contribution < 1.29 is 9.53 Å². The monoisotopic (exact) mass is 272 g/mol. The zero-order chi connectivity index (χ0) is 14.4. The molecule has 1 aliphatic rings. The van der Waals surface area contributed by atoms with Crippen molar-refractivity contribution in [1.82, 2.24) is 4.90 Å². The van der Waals surface area contributed by atoms with Crippen molar-refractivity contribution in [3.05, 3.63) is 35.9 Å². The summed E-state index contributed by atoms with van der Waals surface area (Å²) in [6.07, 6.45) is 2.21. The Bertz CT molecular complexity index is 477. The predicted molar refractivity (Wildman–Crippen MR) is 76.0 cm³/mol. The highest BCUT2D eigenvalue weighted by Gasteiger charge is 2.32. The van der Waals surface area contributed by atoms with E-state index in [4.69, 9.17) is 4.74 Å². The van der Waals surface area contributed by atoms with E-state index in [1.807, 2.05) is 30.3 Å². The average Bonchev–Trinajstić information content (AvgIpc) is 3.29. The van der Waals surface area contributed by atoms with Crippen molar-refractivity contribution >= 4 is 5.97 Å². The van der Waals surface area contributed by atoms with Crippen LogP contribution in [-0.4, -0.2) is 36.6 Å². The molecule has 1 aromatic rings. The molecule has 4 heteroatoms. The van der Waals surface area contributed by atoms with Gasteiger partial charge < -0.3 is 4.74 Å². The molecule has 0 aliphatic heterocycles. The number of hydrogen-bond acceptors (Lipinski definition) is 4. The summed E-state index contributed by atoms with van der Waals surface area (Å²) >= 11 is 0. The van der Waals surface area contributed by atoms with Crippen LogP contribution in [0.25, 0.3) is 0 Å². The Morgan fingerprint density at radius 1 is 1.45 bits per heavy atom. The van der Waals surface area contributed by atoms with Gasteiger partial charge in [-0.15, -0.1) is 0 Å². The molecular weight excluding hydrogens is 252 g/mol. The SMILES string of the molecule is CCOC(=O)CN(CC(C#N)c1ccccc1)C1CC1. The summed E-state index contributed by atoms with van der Waals surface area (Å²) in [5.74, 6) is -0.407. The molecule has 0 N–H and O–H groups in total. The lowest BCUT2D eigenvalue weighted by molar-refractivity contribution is -0.144. The summed E-state index contributed by atoms with van der Waals surface area (Å²) < 4.78 is 5.01. The van der Waals surface area contributed by atoms with Crippen molar-refractivity contribution in [2.75, 3.05) is 19.7 Å². The first-order valence-electron chi connectivity index (χ1n) is 7.08. The second-order valence-corrected chi connectivity index (χ2v) is 5.06. The van der Waals surface area contributed by atoms with Crippen molar-refractivity contribution in [2.24, 2.45) is 0 Å². The van der Waals surface area contributed by atoms with E-state index in [9.17, 15) is 10.1 Å². The highest BCUT2D eigenvalue weighted by atomic mass is 16.5. The minimum Gasteiger partial charge on any atom is -0.465 e. The van der Waals surface area contributed by atoms with E-state index >= 15 is 0 Å². The fourth-order valence-electron chi connectivity index (χ4n) is 2.30. The van der Waals surface area contributed by atoms with Crippen LogP contribution >= 0.6 is 0 Å². The highest BCUT2D eigenvalue weighted by molar-refractivity contribution is 5.71. The smallest absolute Gasteiger partial charge is 0.320 e. The van der Waals surface area contributed by atoms with Crippen LogP contribution in [0.3, 0.4) is 0 Å². The van der Waals surface area contributed by atoms with Crippen molar-refractivity contribution in [1.29, 1.82) is 5.26 Å². The van der Waals surface area contributed by atoms with E-state index in [0.29, 0.717) is 19.2 Å². The maximum atomic E-state index is 11.6. The zero-order valence-corrected chi connectivity index (χ0v) is 11.8. The molecule has 1 saturated carbocycles. The van der Waals surface area contributed by atoms with Gasteiger partial charge in [0.25, 0.3) is 0 Å². The molecule has 2 rings (SSSR count). The van der Waals surface area contributed by atoms with E-state index in [-0.39, 0.29) is 18.4 Å². The first-order valence-corrected chi connectivity index (χ1v) is 7.08. The predicted octanol–water partition coefficient (Wildman–Crippen LogP) is 2.32. The molecule has 1 aromatic carbocycles. The van der Waals surface area contributed by atoms with Gasteiger partial charge in [0.2, 0.25) is 0 Å². The normalized spacial score (nSPS) is 15.7. The number of benzene rings is 1. The fraction of sp³-hybridized carbons (Fsp3) is 0.500. The van der Waals surface area contributed by atoms with Gasteiger partial charge in [-0.2, -0.15) is 5.26 Å². The van der Waals surface area contributed by atoms with E-state index < -0.39 is 0 Å². The molecule has 0 amide bonds. The van der Waals surface area contributed by atoms with Crippen LogP contribution in [0.2, 0.25) is 0 Å². The summed E-state index contributed by atoms with van der Waals surface area (Å²) in [6.45, 7) is 3.08. The van der Waals surface area contributed by atoms with Crippen LogP contribution in [0.15, 0.2) is 30.3 Å². The first-order chi connectivity index (χ1) is 9.74. The topological polar surface area (TPSA) is 53.3 Å². The van der Waals surface area contributed by atoms with E-state index in [0.717, 1.165) is 18.4 Å². The Hall–Kier alpha value is -1.86. The van der Waals surface area contributed by atoms with Gasteiger partial charge in [-0.1, -0.05) is 30.3 Å². The molecule has 1 aliphatic carbocycles. The quantitative estimate of drug-likeness (QED) is 0.715. The zero-order valence-electron chi connectivity index (χ0n) is 11.8. The Balaban J connectivity index is 2.00. The summed E-state index contributed by atoms with van der Waals surface area (Å²) in [7, 11) is 0. The Morgan fingerprint density at radius 3 is 2.70 bits per heavy atom. The van der Waals surface area contributed by atoms with Gasteiger partial charge in [-0.3, -0.25) is 9.69 Å². The second-order valence-electron chi connectivity index (χ2n) is 5.06. The van der Waals surface area contributed by atoms with Crippen LogP contribution in [0.4, 0.5) is 0 Å². The summed E-state index contributed by atoms with van der Waals surface area (Å²) in [5.41, 5.74) is 1.00. The largest absolute Gasteiger partial charge is 0.465 e. The fourth-order valence-corrected chi connectivity index (χ4v) is 2.30. The molecule has 1 unspecified atom stereocenters. The molecule has 4 nitrogen and oxygen atoms in total. The van der Waals surface area contributed by atoms with Crippen LogP contribution in [0.1, 0.15) is 31.2 Å². The van der Waals surface area contributed by atoms with Crippen LogP contribution in [-0.2, 0) is 9.53 Å². The molecule has 20 heavy (non-hydrogen) atoms. The van der Waals surface area contributed by atoms with Crippen molar-refractivity contribution in [3.63, 3.8) is 0 Å². The third-order valence-corrected chi connectivity index (χ3v) is 3.48. The lowest BCUT2D eigenvalue weighted by Gasteiger charge is -2.23. The summed E-state index contributed by atoms with van der Waals surface area (Å²) in [4.78, 5) is 13.7. The molecule has 0 bridgehead atoms. The standard InChI is InChI=1S/C16H20N2O2/c1-2-20-16(19)12-18(15-8-9-15)11-14(10-17)13-6-4-3-5-7-13/h3-7,14-15H,2,8-9,11-12H2,1H3. The summed E-state index contributed by atoms with van der Waals surface area (Å²) in [6, 6.07) is 12.5. The number of nitriles is 1. The Kier molecular flexibility index (Phi) is 5.14. The maximum Gasteiger partial charge on any atom is 0.320 e. The number of esters is 1. The van der Waals surface area contributed by atoms with Crippen LogP contribution in [0.5, 0.6) is 0 Å². The molecule has 1 fully saturated rings. The lowest BCUT2D eigenvalue weighted by Crippen LogP contribution is -2.36. The third kappa shape index (κ3) is 4.07. The molecule has 0 saturated heterocycles. The van der Waals surface area contributed by atoms with E-state index in [1.54, 1.807) is 6.92 Å². The lowest BCUT2D eigenvalue weighted by atomic mass is 10.00. The van der Waals surface area contributed by atoms with Crippen molar-refractivity contribution in [2.45, 2.75) is 31.7 Å². The van der Waals surface area contributed by atoms with Gasteiger partial charge in [0.15, 0.2) is 0 Å². The van der Waals surface area contributed by atoms with E-state index in [1.165, 1.54) is 0 Å². The molecular formula is C16H20N2O2. The van der Waals surface area contributed by atoms with Crippen LogP contribution < -0.4 is 0 Å². The molecule has 0 aromatic heterocycles. The first kappa shape index (κ1) is 14.5. The molecule has 1 atom stereocenters. The molecule has 0 spiro atoms. The highest BCUT2D eigenvalue weighted by Crippen LogP contribution is 2.29. The number of carbonyl (C=O) groups is 1. The Labute approximate surface area is 120 Å². The minimum atomic E-state index is -0.204. The molecule has 0 heterocycles. The minimum absolute atomic E-state index is 0.203. The van der Waals surface area contributed by atoms with Crippen LogP contribution in [0, 0.1) is 11.3 Å². The number of nitrogens with zero attached hydrogens (tertiary/aromatic N) is 2. The maximum absolute atomic E-state index is 11.6. The van der Waals surface area contributed by atoms with Crippen molar-refractivity contribution in [3.8, 4) is 6.07 Å². The van der Waals surface area contributed by atoms with Gasteiger partial charge in [0.05, 0.1) is 25.1 Å². The van der Waals surface area contributed by atoms with Gasteiger partial charge >= 0.3 is 5.97 Å². The Morgan fingerprint density at radius 2 is 2.15 bits per heavy atom. The van der Waals surface area contributed by atoms with Gasteiger partial charge in [-0.05, 0) is 25.3 Å². The van der Waals surface area contributed by atoms with Gasteiger partial charge in [-0.25, -0.2) is 0 Å². The second kappa shape index (κ2) is 7.06.